The molecule has 1 nitrogen and oxygen atoms in total. The van der Waals surface area contributed by atoms with E-state index in [0.717, 1.165) is 17.9 Å². The smallest absolute Gasteiger partial charge is 0.0104 e. The summed E-state index contributed by atoms with van der Waals surface area (Å²) >= 11 is 0. The normalized spacial score (nSPS) is 33.5. The molecular formula is C14H19N. The minimum atomic E-state index is 0.779. The van der Waals surface area contributed by atoms with Crippen molar-refractivity contribution in [2.45, 2.75) is 37.6 Å². The van der Waals surface area contributed by atoms with Gasteiger partial charge in [-0.05, 0) is 55.7 Å². The van der Waals surface area contributed by atoms with E-state index in [1.165, 1.54) is 25.7 Å². The third-order valence-electron chi connectivity index (χ3n) is 4.35. The van der Waals surface area contributed by atoms with Crippen molar-refractivity contribution in [1.82, 2.24) is 5.32 Å². The summed E-state index contributed by atoms with van der Waals surface area (Å²) in [5.74, 6) is 1.75. The Bertz CT molecular complexity index is 358. The fourth-order valence-corrected chi connectivity index (χ4v) is 3.45. The summed E-state index contributed by atoms with van der Waals surface area (Å²) in [6.07, 6.45) is 5.42. The van der Waals surface area contributed by atoms with Crippen molar-refractivity contribution in [3.63, 3.8) is 0 Å². The predicted molar refractivity (Wildman–Crippen MR) is 63.1 cm³/mol. The maximum atomic E-state index is 3.46. The quantitative estimate of drug-likeness (QED) is 0.736. The standard InChI is InChI=1S/C14H19N/c1-15-14-9-13-11-7-3-2-5-10(11)6-4-8-12(13)14/h2-3,5,7,12-15H,4,6,8-9H2,1H3. The van der Waals surface area contributed by atoms with E-state index in [1.807, 2.05) is 0 Å². The molecule has 1 saturated carbocycles. The highest BCUT2D eigenvalue weighted by Crippen LogP contribution is 2.48. The minimum absolute atomic E-state index is 0.779. The van der Waals surface area contributed by atoms with Crippen LogP contribution in [-0.2, 0) is 6.42 Å². The molecule has 0 aliphatic heterocycles. The summed E-state index contributed by atoms with van der Waals surface area (Å²) in [6, 6.07) is 9.84. The Balaban J connectivity index is 1.93. The molecule has 3 atom stereocenters. The van der Waals surface area contributed by atoms with Gasteiger partial charge in [0.15, 0.2) is 0 Å². The zero-order chi connectivity index (χ0) is 10.3. The Kier molecular flexibility index (Phi) is 2.28. The number of hydrogen-bond donors (Lipinski definition) is 1. The van der Waals surface area contributed by atoms with Crippen LogP contribution in [0.25, 0.3) is 0 Å². The third-order valence-corrected chi connectivity index (χ3v) is 4.35. The summed E-state index contributed by atoms with van der Waals surface area (Å²) in [4.78, 5) is 0. The van der Waals surface area contributed by atoms with Crippen LogP contribution in [0.15, 0.2) is 24.3 Å². The van der Waals surface area contributed by atoms with Crippen LogP contribution in [-0.4, -0.2) is 13.1 Å². The summed E-state index contributed by atoms with van der Waals surface area (Å²) < 4.78 is 0. The summed E-state index contributed by atoms with van der Waals surface area (Å²) in [5, 5.41) is 3.46. The Morgan fingerprint density at radius 2 is 2.13 bits per heavy atom. The van der Waals surface area contributed by atoms with Gasteiger partial charge in [-0.3, -0.25) is 0 Å². The van der Waals surface area contributed by atoms with Gasteiger partial charge in [-0.25, -0.2) is 0 Å². The van der Waals surface area contributed by atoms with Crippen molar-refractivity contribution in [2.24, 2.45) is 5.92 Å². The summed E-state index contributed by atoms with van der Waals surface area (Å²) in [7, 11) is 2.11. The zero-order valence-electron chi connectivity index (χ0n) is 9.37. The van der Waals surface area contributed by atoms with Gasteiger partial charge in [0, 0.05) is 6.04 Å². The fourth-order valence-electron chi connectivity index (χ4n) is 3.45. The number of fused-ring (bicyclic) bond motifs is 3. The Morgan fingerprint density at radius 3 is 3.00 bits per heavy atom. The number of benzene rings is 1. The van der Waals surface area contributed by atoms with Crippen LogP contribution in [0.4, 0.5) is 0 Å². The Labute approximate surface area is 91.9 Å². The molecule has 0 amide bonds. The molecule has 0 spiro atoms. The van der Waals surface area contributed by atoms with Crippen LogP contribution in [0, 0.1) is 5.92 Å². The lowest BCUT2D eigenvalue weighted by atomic mass is 9.65. The van der Waals surface area contributed by atoms with Crippen LogP contribution in [0.1, 0.15) is 36.3 Å². The lowest BCUT2D eigenvalue weighted by Crippen LogP contribution is -2.47. The van der Waals surface area contributed by atoms with Crippen molar-refractivity contribution >= 4 is 0 Å². The van der Waals surface area contributed by atoms with E-state index in [9.17, 15) is 0 Å². The largest absolute Gasteiger partial charge is 0.317 e. The molecular weight excluding hydrogens is 182 g/mol. The van der Waals surface area contributed by atoms with Gasteiger partial charge in [-0.1, -0.05) is 24.3 Å². The molecule has 3 rings (SSSR count). The highest BCUT2D eigenvalue weighted by molar-refractivity contribution is 5.35. The molecule has 0 aromatic heterocycles. The monoisotopic (exact) mass is 201 g/mol. The van der Waals surface area contributed by atoms with Gasteiger partial charge in [0.25, 0.3) is 0 Å². The van der Waals surface area contributed by atoms with Crippen LogP contribution in [0.5, 0.6) is 0 Å². The second-order valence-electron chi connectivity index (χ2n) is 4.99. The molecule has 1 N–H and O–H groups in total. The maximum Gasteiger partial charge on any atom is 0.0104 e. The molecule has 0 bridgehead atoms. The van der Waals surface area contributed by atoms with Crippen LogP contribution in [0.3, 0.4) is 0 Å². The van der Waals surface area contributed by atoms with E-state index >= 15 is 0 Å². The second-order valence-corrected chi connectivity index (χ2v) is 4.99. The first kappa shape index (κ1) is 9.41. The van der Waals surface area contributed by atoms with Gasteiger partial charge in [0.05, 0.1) is 0 Å². The molecule has 2 aliphatic rings. The van der Waals surface area contributed by atoms with Gasteiger partial charge in [-0.15, -0.1) is 0 Å². The lowest BCUT2D eigenvalue weighted by molar-refractivity contribution is 0.165. The molecule has 2 aliphatic carbocycles. The van der Waals surface area contributed by atoms with E-state index < -0.39 is 0 Å². The number of rotatable bonds is 1. The van der Waals surface area contributed by atoms with Crippen LogP contribution < -0.4 is 5.32 Å². The molecule has 3 unspecified atom stereocenters. The first-order chi connectivity index (χ1) is 7.40. The van der Waals surface area contributed by atoms with Crippen LogP contribution >= 0.6 is 0 Å². The van der Waals surface area contributed by atoms with Gasteiger partial charge >= 0.3 is 0 Å². The SMILES string of the molecule is CNC1CC2c3ccccc3CCCC12. The van der Waals surface area contributed by atoms with Gasteiger partial charge < -0.3 is 5.32 Å². The zero-order valence-corrected chi connectivity index (χ0v) is 9.37. The van der Waals surface area contributed by atoms with Gasteiger partial charge in [0.1, 0.15) is 0 Å². The lowest BCUT2D eigenvalue weighted by Gasteiger charge is -2.44. The average molecular weight is 201 g/mol. The first-order valence-electron chi connectivity index (χ1n) is 6.15. The number of aryl methyl sites for hydroxylation is 1. The molecule has 1 aromatic carbocycles. The first-order valence-corrected chi connectivity index (χ1v) is 6.15. The van der Waals surface area contributed by atoms with E-state index in [4.69, 9.17) is 0 Å². The van der Waals surface area contributed by atoms with E-state index in [1.54, 1.807) is 11.1 Å². The van der Waals surface area contributed by atoms with Crippen molar-refractivity contribution in [1.29, 1.82) is 0 Å². The van der Waals surface area contributed by atoms with E-state index in [-0.39, 0.29) is 0 Å². The van der Waals surface area contributed by atoms with Gasteiger partial charge in [-0.2, -0.15) is 0 Å². The van der Waals surface area contributed by atoms with E-state index in [0.29, 0.717) is 0 Å². The maximum absolute atomic E-state index is 3.46. The molecule has 1 aromatic rings. The highest BCUT2D eigenvalue weighted by atomic mass is 14.9. The molecule has 0 saturated heterocycles. The summed E-state index contributed by atoms with van der Waals surface area (Å²) in [6.45, 7) is 0. The Morgan fingerprint density at radius 1 is 1.27 bits per heavy atom. The highest BCUT2D eigenvalue weighted by Gasteiger charge is 2.42. The van der Waals surface area contributed by atoms with Crippen molar-refractivity contribution in [2.75, 3.05) is 7.05 Å². The van der Waals surface area contributed by atoms with Crippen LogP contribution in [0.2, 0.25) is 0 Å². The van der Waals surface area contributed by atoms with Gasteiger partial charge in [0.2, 0.25) is 0 Å². The van der Waals surface area contributed by atoms with Crippen molar-refractivity contribution in [3.8, 4) is 0 Å². The third kappa shape index (κ3) is 1.41. The minimum Gasteiger partial charge on any atom is -0.317 e. The topological polar surface area (TPSA) is 12.0 Å². The molecule has 0 heterocycles. The molecule has 80 valence electrons. The molecule has 1 heteroatoms. The van der Waals surface area contributed by atoms with E-state index in [2.05, 4.69) is 36.6 Å². The van der Waals surface area contributed by atoms with Crippen molar-refractivity contribution in [3.05, 3.63) is 35.4 Å². The molecule has 1 fully saturated rings. The molecule has 0 radical (unpaired) electrons. The second kappa shape index (κ2) is 3.64. The fraction of sp³-hybridized carbons (Fsp3) is 0.571. The number of hydrogen-bond acceptors (Lipinski definition) is 1. The predicted octanol–water partition coefficient (Wildman–Crippen LogP) is 2.71. The molecule has 15 heavy (non-hydrogen) atoms. The average Bonchev–Trinajstić information content (AvgIpc) is 2.37. The number of nitrogens with one attached hydrogen (secondary N) is 1. The Hall–Kier alpha value is -0.820. The summed E-state index contributed by atoms with van der Waals surface area (Å²) in [5.41, 5.74) is 3.26. The van der Waals surface area contributed by atoms with Crippen molar-refractivity contribution < 1.29 is 0 Å².